The molecule has 1 aromatic heterocycles. The minimum absolute atomic E-state index is 0.244. The highest BCUT2D eigenvalue weighted by atomic mass is 32.1. The van der Waals surface area contributed by atoms with Gasteiger partial charge in [-0.3, -0.25) is 4.79 Å². The van der Waals surface area contributed by atoms with Crippen molar-refractivity contribution in [2.75, 3.05) is 6.54 Å². The van der Waals surface area contributed by atoms with Crippen LogP contribution in [0.25, 0.3) is 0 Å². The molecule has 0 saturated carbocycles. The van der Waals surface area contributed by atoms with Crippen LogP contribution in [0, 0.1) is 5.41 Å². The predicted octanol–water partition coefficient (Wildman–Crippen LogP) is -0.153. The van der Waals surface area contributed by atoms with Crippen LogP contribution in [-0.4, -0.2) is 32.9 Å². The third-order valence-corrected chi connectivity index (χ3v) is 2.56. The van der Waals surface area contributed by atoms with Gasteiger partial charge in [-0.25, -0.2) is 0 Å². The molecule has 0 unspecified atom stereocenters. The summed E-state index contributed by atoms with van der Waals surface area (Å²) in [5.41, 5.74) is 5.36. The molecule has 1 rings (SSSR count). The van der Waals surface area contributed by atoms with E-state index < -0.39 is 5.41 Å². The summed E-state index contributed by atoms with van der Waals surface area (Å²) in [5, 5.41) is 12.2. The van der Waals surface area contributed by atoms with Crippen molar-refractivity contribution < 1.29 is 4.79 Å². The second kappa shape index (κ2) is 4.35. The Morgan fingerprint density at radius 2 is 2.40 bits per heavy atom. The lowest BCUT2D eigenvalue weighted by Gasteiger charge is -2.22. The number of carbonyl (C=O) groups excluding carboxylic acids is 1. The van der Waals surface area contributed by atoms with Crippen LogP contribution in [0.15, 0.2) is 6.20 Å². The molecule has 82 valence electrons. The van der Waals surface area contributed by atoms with Gasteiger partial charge in [-0.05, 0) is 0 Å². The van der Waals surface area contributed by atoms with Gasteiger partial charge in [-0.2, -0.15) is 15.4 Å². The van der Waals surface area contributed by atoms with Crippen LogP contribution in [-0.2, 0) is 0 Å². The van der Waals surface area contributed by atoms with E-state index in [0.29, 0.717) is 11.5 Å². The summed E-state index contributed by atoms with van der Waals surface area (Å²) in [6.45, 7) is 4.09. The van der Waals surface area contributed by atoms with Crippen molar-refractivity contribution in [3.8, 4) is 0 Å². The van der Waals surface area contributed by atoms with E-state index >= 15 is 0 Å². The van der Waals surface area contributed by atoms with Crippen molar-refractivity contribution in [3.05, 3.63) is 11.9 Å². The minimum Gasteiger partial charge on any atom is -0.393 e. The first-order chi connectivity index (χ1) is 6.93. The number of nitrogens with one attached hydrogen (secondary N) is 2. The van der Waals surface area contributed by atoms with E-state index in [4.69, 9.17) is 18.0 Å². The van der Waals surface area contributed by atoms with E-state index in [9.17, 15) is 4.79 Å². The van der Waals surface area contributed by atoms with E-state index in [0.717, 1.165) is 0 Å². The van der Waals surface area contributed by atoms with Gasteiger partial charge >= 0.3 is 0 Å². The Morgan fingerprint density at radius 3 is 2.87 bits per heavy atom. The van der Waals surface area contributed by atoms with E-state index in [1.54, 1.807) is 0 Å². The van der Waals surface area contributed by atoms with E-state index in [1.807, 2.05) is 13.8 Å². The van der Waals surface area contributed by atoms with E-state index in [1.165, 1.54) is 6.20 Å². The van der Waals surface area contributed by atoms with Gasteiger partial charge in [0.25, 0.3) is 5.91 Å². The lowest BCUT2D eigenvalue weighted by Crippen LogP contribution is -2.41. The maximum absolute atomic E-state index is 11.5. The highest BCUT2D eigenvalue weighted by molar-refractivity contribution is 7.80. The molecule has 0 saturated heterocycles. The maximum atomic E-state index is 11.5. The average Bonchev–Trinajstić information content (AvgIpc) is 2.66. The minimum atomic E-state index is -0.408. The Kier molecular flexibility index (Phi) is 3.35. The van der Waals surface area contributed by atoms with Crippen molar-refractivity contribution in [2.24, 2.45) is 11.1 Å². The Morgan fingerprint density at radius 1 is 1.73 bits per heavy atom. The molecule has 0 fully saturated rings. The summed E-state index contributed by atoms with van der Waals surface area (Å²) >= 11 is 4.88. The highest BCUT2D eigenvalue weighted by Gasteiger charge is 2.22. The molecule has 6 nitrogen and oxygen atoms in total. The Labute approximate surface area is 92.6 Å². The molecule has 1 heterocycles. The van der Waals surface area contributed by atoms with Crippen molar-refractivity contribution in [1.82, 2.24) is 20.7 Å². The van der Waals surface area contributed by atoms with E-state index in [-0.39, 0.29) is 11.6 Å². The fraction of sp³-hybridized carbons (Fsp3) is 0.500. The van der Waals surface area contributed by atoms with Crippen LogP contribution in [0.2, 0.25) is 0 Å². The maximum Gasteiger partial charge on any atom is 0.273 e. The second-order valence-electron chi connectivity index (χ2n) is 3.79. The molecular weight excluding hydrogens is 214 g/mol. The average molecular weight is 227 g/mol. The van der Waals surface area contributed by atoms with Crippen molar-refractivity contribution >= 4 is 23.1 Å². The quantitative estimate of drug-likeness (QED) is 0.621. The summed E-state index contributed by atoms with van der Waals surface area (Å²) in [4.78, 5) is 11.8. The zero-order valence-electron chi connectivity index (χ0n) is 8.57. The molecule has 15 heavy (non-hydrogen) atoms. The summed E-state index contributed by atoms with van der Waals surface area (Å²) in [5.74, 6) is -0.298. The Hall–Kier alpha value is -1.50. The van der Waals surface area contributed by atoms with Crippen molar-refractivity contribution in [1.29, 1.82) is 0 Å². The van der Waals surface area contributed by atoms with Gasteiger partial charge in [0.15, 0.2) is 5.69 Å². The number of amides is 1. The number of aromatic amines is 1. The first-order valence-corrected chi connectivity index (χ1v) is 4.78. The smallest absolute Gasteiger partial charge is 0.273 e. The monoisotopic (exact) mass is 227 g/mol. The summed E-state index contributed by atoms with van der Waals surface area (Å²) < 4.78 is 0. The normalized spacial score (nSPS) is 11.1. The molecular formula is C8H13N5OS. The predicted molar refractivity (Wildman–Crippen MR) is 59.3 cm³/mol. The fourth-order valence-electron chi connectivity index (χ4n) is 0.790. The summed E-state index contributed by atoms with van der Waals surface area (Å²) in [6, 6.07) is 0. The highest BCUT2D eigenvalue weighted by Crippen LogP contribution is 2.13. The number of rotatable bonds is 4. The fourth-order valence-corrected chi connectivity index (χ4v) is 0.862. The molecule has 0 aliphatic rings. The van der Waals surface area contributed by atoms with Crippen LogP contribution in [0.4, 0.5) is 0 Å². The van der Waals surface area contributed by atoms with Crippen LogP contribution >= 0.6 is 12.2 Å². The van der Waals surface area contributed by atoms with Gasteiger partial charge in [0, 0.05) is 12.0 Å². The molecule has 0 bridgehead atoms. The molecule has 7 heteroatoms. The zero-order chi connectivity index (χ0) is 11.5. The van der Waals surface area contributed by atoms with Gasteiger partial charge in [0.2, 0.25) is 0 Å². The SMILES string of the molecule is CC(C)(CNC(=O)c1cn[nH]n1)C(N)=S. The molecule has 1 amide bonds. The second-order valence-corrected chi connectivity index (χ2v) is 4.23. The van der Waals surface area contributed by atoms with Gasteiger partial charge in [-0.15, -0.1) is 0 Å². The molecule has 0 atom stereocenters. The van der Waals surface area contributed by atoms with Crippen LogP contribution in [0.5, 0.6) is 0 Å². The zero-order valence-corrected chi connectivity index (χ0v) is 9.39. The first kappa shape index (κ1) is 11.6. The number of nitrogens with zero attached hydrogens (tertiary/aromatic N) is 2. The Bertz CT molecular complexity index is 359. The van der Waals surface area contributed by atoms with E-state index in [2.05, 4.69) is 20.7 Å². The third-order valence-electron chi connectivity index (χ3n) is 2.01. The lowest BCUT2D eigenvalue weighted by molar-refractivity contribution is 0.0940. The molecule has 0 spiro atoms. The number of H-pyrrole nitrogens is 1. The number of hydrogen-bond acceptors (Lipinski definition) is 4. The number of thiocarbonyl (C=S) groups is 1. The molecule has 0 aromatic carbocycles. The molecule has 0 aliphatic carbocycles. The largest absolute Gasteiger partial charge is 0.393 e. The van der Waals surface area contributed by atoms with Crippen molar-refractivity contribution in [2.45, 2.75) is 13.8 Å². The first-order valence-electron chi connectivity index (χ1n) is 4.37. The number of hydrogen-bond donors (Lipinski definition) is 3. The van der Waals surface area contributed by atoms with Crippen molar-refractivity contribution in [3.63, 3.8) is 0 Å². The van der Waals surface area contributed by atoms with Gasteiger partial charge in [0.05, 0.1) is 11.2 Å². The third kappa shape index (κ3) is 2.98. The van der Waals surface area contributed by atoms with Gasteiger partial charge < -0.3 is 11.1 Å². The van der Waals surface area contributed by atoms with Gasteiger partial charge in [0.1, 0.15) is 0 Å². The lowest BCUT2D eigenvalue weighted by atomic mass is 9.93. The molecule has 0 aliphatic heterocycles. The van der Waals surface area contributed by atoms with Crippen LogP contribution in [0.3, 0.4) is 0 Å². The number of carbonyl (C=O) groups is 1. The molecule has 1 aromatic rings. The van der Waals surface area contributed by atoms with Crippen LogP contribution in [0.1, 0.15) is 24.3 Å². The number of nitrogens with two attached hydrogens (primary N) is 1. The van der Waals surface area contributed by atoms with Crippen LogP contribution < -0.4 is 11.1 Å². The summed E-state index contributed by atoms with van der Waals surface area (Å²) in [6.07, 6.45) is 1.35. The number of aromatic nitrogens is 3. The van der Waals surface area contributed by atoms with Gasteiger partial charge in [-0.1, -0.05) is 26.1 Å². The topological polar surface area (TPSA) is 96.7 Å². The molecule has 0 radical (unpaired) electrons. The summed E-state index contributed by atoms with van der Waals surface area (Å²) in [7, 11) is 0. The standard InChI is InChI=1S/C8H13N5OS/c1-8(2,7(9)15)4-10-6(14)5-3-11-13-12-5/h3H,4H2,1-2H3,(H2,9,15)(H,10,14)(H,11,12,13). The molecule has 4 N–H and O–H groups in total. The Balaban J connectivity index is 2.51.